The summed E-state index contributed by atoms with van der Waals surface area (Å²) < 4.78 is 5.19. The van der Waals surface area contributed by atoms with Crippen molar-refractivity contribution in [3.05, 3.63) is 0 Å². The number of carbonyl (C=O) groups is 2. The average molecular weight is 283 g/mol. The van der Waals surface area contributed by atoms with Gasteiger partial charge in [0, 0.05) is 6.54 Å². The first kappa shape index (κ1) is 15.1. The van der Waals surface area contributed by atoms with Gasteiger partial charge >= 0.3 is 12.1 Å². The first-order valence-corrected chi connectivity index (χ1v) is 7.43. The zero-order valence-corrected chi connectivity index (χ0v) is 12.6. The Morgan fingerprint density at radius 1 is 1.25 bits per heavy atom. The van der Waals surface area contributed by atoms with Crippen molar-refractivity contribution in [3.63, 3.8) is 0 Å². The molecule has 0 aromatic carbocycles. The molecule has 114 valence electrons. The molecule has 0 saturated heterocycles. The number of ether oxygens (including phenoxy) is 1. The molecular formula is C15H25NO4. The van der Waals surface area contributed by atoms with Crippen LogP contribution in [0.15, 0.2) is 0 Å². The molecule has 1 amide bonds. The number of hydrogen-bond donors (Lipinski definition) is 2. The van der Waals surface area contributed by atoms with E-state index in [1.165, 1.54) is 0 Å². The second-order valence-corrected chi connectivity index (χ2v) is 7.24. The lowest BCUT2D eigenvalue weighted by atomic mass is 9.56. The minimum atomic E-state index is -0.794. The molecule has 0 aromatic heterocycles. The van der Waals surface area contributed by atoms with Crippen molar-refractivity contribution in [3.8, 4) is 0 Å². The van der Waals surface area contributed by atoms with Gasteiger partial charge in [-0.1, -0.05) is 12.8 Å². The lowest BCUT2D eigenvalue weighted by Gasteiger charge is -2.49. The van der Waals surface area contributed by atoms with Gasteiger partial charge in [0.25, 0.3) is 0 Å². The van der Waals surface area contributed by atoms with E-state index in [9.17, 15) is 14.7 Å². The van der Waals surface area contributed by atoms with Gasteiger partial charge in [0.05, 0.1) is 5.41 Å². The van der Waals surface area contributed by atoms with E-state index in [0.717, 1.165) is 25.7 Å². The van der Waals surface area contributed by atoms with Crippen LogP contribution in [0.4, 0.5) is 4.79 Å². The van der Waals surface area contributed by atoms with E-state index >= 15 is 0 Å². The number of amides is 1. The van der Waals surface area contributed by atoms with Crippen LogP contribution in [0.25, 0.3) is 0 Å². The lowest BCUT2D eigenvalue weighted by Crippen LogP contribution is -2.54. The number of hydrogen-bond acceptors (Lipinski definition) is 3. The van der Waals surface area contributed by atoms with Crippen molar-refractivity contribution in [2.75, 3.05) is 6.54 Å². The molecule has 0 radical (unpaired) electrons. The Balaban J connectivity index is 2.01. The van der Waals surface area contributed by atoms with E-state index in [2.05, 4.69) is 5.32 Å². The van der Waals surface area contributed by atoms with Crippen molar-refractivity contribution in [2.24, 2.45) is 17.3 Å². The highest BCUT2D eigenvalue weighted by Crippen LogP contribution is 2.52. The van der Waals surface area contributed by atoms with E-state index < -0.39 is 23.1 Å². The van der Waals surface area contributed by atoms with Gasteiger partial charge in [-0.15, -0.1) is 0 Å². The Kier molecular flexibility index (Phi) is 3.98. The smallest absolute Gasteiger partial charge is 0.407 e. The van der Waals surface area contributed by atoms with Crippen LogP contribution < -0.4 is 5.32 Å². The molecule has 3 saturated carbocycles. The molecule has 3 aliphatic carbocycles. The summed E-state index contributed by atoms with van der Waals surface area (Å²) in [6, 6.07) is 0. The zero-order chi connectivity index (χ0) is 15.0. The molecule has 5 heteroatoms. The summed E-state index contributed by atoms with van der Waals surface area (Å²) in [7, 11) is 0. The first-order chi connectivity index (χ1) is 9.23. The third kappa shape index (κ3) is 3.07. The Labute approximate surface area is 120 Å². The lowest BCUT2D eigenvalue weighted by molar-refractivity contribution is -0.160. The van der Waals surface area contributed by atoms with Crippen LogP contribution >= 0.6 is 0 Å². The summed E-state index contributed by atoms with van der Waals surface area (Å²) in [4.78, 5) is 23.5. The van der Waals surface area contributed by atoms with E-state index in [0.29, 0.717) is 12.3 Å². The van der Waals surface area contributed by atoms with Gasteiger partial charge < -0.3 is 15.2 Å². The Morgan fingerprint density at radius 2 is 1.85 bits per heavy atom. The second-order valence-electron chi connectivity index (χ2n) is 7.24. The highest BCUT2D eigenvalue weighted by molar-refractivity contribution is 5.77. The number of fused-ring (bicyclic) bond motifs is 3. The predicted octanol–water partition coefficient (Wildman–Crippen LogP) is 2.79. The summed E-state index contributed by atoms with van der Waals surface area (Å²) in [5.74, 6) is -0.0977. The molecule has 0 spiro atoms. The van der Waals surface area contributed by atoms with Crippen LogP contribution in [0, 0.1) is 17.3 Å². The number of rotatable bonds is 3. The molecule has 2 bridgehead atoms. The van der Waals surface area contributed by atoms with Gasteiger partial charge in [0.15, 0.2) is 0 Å². The molecule has 1 atom stereocenters. The summed E-state index contributed by atoms with van der Waals surface area (Å²) in [5, 5.41) is 12.3. The molecule has 2 N–H and O–H groups in total. The maximum absolute atomic E-state index is 11.8. The van der Waals surface area contributed by atoms with E-state index in [1.54, 1.807) is 20.8 Å². The van der Waals surface area contributed by atoms with Crippen LogP contribution in [0.1, 0.15) is 52.9 Å². The summed E-state index contributed by atoms with van der Waals surface area (Å²) >= 11 is 0. The van der Waals surface area contributed by atoms with Crippen molar-refractivity contribution in [2.45, 2.75) is 58.5 Å². The summed E-state index contributed by atoms with van der Waals surface area (Å²) in [6.07, 6.45) is 4.35. The molecule has 3 fully saturated rings. The molecule has 0 aliphatic heterocycles. The first-order valence-electron chi connectivity index (χ1n) is 7.43. The summed E-state index contributed by atoms with van der Waals surface area (Å²) in [5.41, 5.74) is -1.36. The van der Waals surface area contributed by atoms with Crippen molar-refractivity contribution < 1.29 is 19.4 Å². The van der Waals surface area contributed by atoms with Crippen LogP contribution in [0.3, 0.4) is 0 Å². The van der Waals surface area contributed by atoms with Crippen molar-refractivity contribution >= 4 is 12.1 Å². The number of carboxylic acid groups (broad SMARTS) is 1. The minimum absolute atomic E-state index is 0.179. The standard InChI is InChI=1S/C15H25NO4/c1-14(2,3)20-13(19)16-9-15(12(17)18)8-10-4-6-11(15)7-5-10/h10-11H,4-9H2,1-3H3,(H,16,19)(H,17,18). The van der Waals surface area contributed by atoms with Gasteiger partial charge in [-0.05, 0) is 51.9 Å². The highest BCUT2D eigenvalue weighted by Gasteiger charge is 2.52. The average Bonchev–Trinajstić information content (AvgIpc) is 2.35. The topological polar surface area (TPSA) is 75.6 Å². The molecule has 3 aliphatic rings. The third-order valence-electron chi connectivity index (χ3n) is 4.65. The Hall–Kier alpha value is -1.26. The second kappa shape index (κ2) is 5.26. The van der Waals surface area contributed by atoms with Gasteiger partial charge in [-0.2, -0.15) is 0 Å². The normalized spacial score (nSPS) is 32.8. The highest BCUT2D eigenvalue weighted by atomic mass is 16.6. The largest absolute Gasteiger partial charge is 0.481 e. The van der Waals surface area contributed by atoms with Crippen molar-refractivity contribution in [1.82, 2.24) is 5.32 Å². The zero-order valence-electron chi connectivity index (χ0n) is 12.6. The van der Waals surface area contributed by atoms with Crippen LogP contribution in [-0.4, -0.2) is 29.3 Å². The minimum Gasteiger partial charge on any atom is -0.481 e. The van der Waals surface area contributed by atoms with Gasteiger partial charge in [0.2, 0.25) is 0 Å². The fourth-order valence-corrected chi connectivity index (χ4v) is 3.70. The van der Waals surface area contributed by atoms with E-state index in [4.69, 9.17) is 4.74 Å². The van der Waals surface area contributed by atoms with Gasteiger partial charge in [0.1, 0.15) is 5.60 Å². The monoisotopic (exact) mass is 283 g/mol. The quantitative estimate of drug-likeness (QED) is 0.835. The van der Waals surface area contributed by atoms with Gasteiger partial charge in [-0.25, -0.2) is 4.79 Å². The molecule has 3 rings (SSSR count). The SMILES string of the molecule is CC(C)(C)OC(=O)NCC1(C(=O)O)CC2CCC1CC2. The number of carboxylic acids is 1. The molecule has 1 unspecified atom stereocenters. The van der Waals surface area contributed by atoms with Crippen molar-refractivity contribution in [1.29, 1.82) is 0 Å². The fourth-order valence-electron chi connectivity index (χ4n) is 3.70. The number of aliphatic carboxylic acids is 1. The molecule has 20 heavy (non-hydrogen) atoms. The van der Waals surface area contributed by atoms with Crippen LogP contribution in [0.2, 0.25) is 0 Å². The molecular weight excluding hydrogens is 258 g/mol. The van der Waals surface area contributed by atoms with Crippen LogP contribution in [0.5, 0.6) is 0 Å². The molecule has 0 aromatic rings. The maximum Gasteiger partial charge on any atom is 0.407 e. The summed E-state index contributed by atoms with van der Waals surface area (Å²) in [6.45, 7) is 5.56. The van der Waals surface area contributed by atoms with Gasteiger partial charge in [-0.3, -0.25) is 4.79 Å². The number of nitrogens with one attached hydrogen (secondary N) is 1. The fraction of sp³-hybridized carbons (Fsp3) is 0.867. The maximum atomic E-state index is 11.8. The van der Waals surface area contributed by atoms with Crippen LogP contribution in [-0.2, 0) is 9.53 Å². The third-order valence-corrected chi connectivity index (χ3v) is 4.65. The van der Waals surface area contributed by atoms with E-state index in [1.807, 2.05) is 0 Å². The Bertz CT molecular complexity index is 393. The molecule has 0 heterocycles. The number of carbonyl (C=O) groups excluding carboxylic acids is 1. The number of alkyl carbamates (subject to hydrolysis) is 1. The Morgan fingerprint density at radius 3 is 2.25 bits per heavy atom. The molecule has 5 nitrogen and oxygen atoms in total. The predicted molar refractivity (Wildman–Crippen MR) is 74.4 cm³/mol. The van der Waals surface area contributed by atoms with E-state index in [-0.39, 0.29) is 12.5 Å².